The number of carbonyl (C=O) groups is 1. The minimum absolute atomic E-state index is 0.187. The number of amides is 1. The highest BCUT2D eigenvalue weighted by Crippen LogP contribution is 2.19. The molecule has 0 radical (unpaired) electrons. The molecule has 0 atom stereocenters. The van der Waals surface area contributed by atoms with Crippen molar-refractivity contribution < 1.29 is 9.53 Å². The van der Waals surface area contributed by atoms with Gasteiger partial charge in [0, 0.05) is 6.04 Å². The predicted molar refractivity (Wildman–Crippen MR) is 66.9 cm³/mol. The fourth-order valence-electron chi connectivity index (χ4n) is 1.17. The highest BCUT2D eigenvalue weighted by Gasteiger charge is 2.18. The second-order valence-corrected chi connectivity index (χ2v) is 5.13. The molecule has 1 aromatic heterocycles. The standard InChI is InChI=1S/C11H20N4O2/c1-7(2)15-6-8(12)9(14-15)13-10(16)17-11(3,4)5/h6-7H,12H2,1-5H3,(H,13,14,16). The molecule has 6 heteroatoms. The van der Waals surface area contributed by atoms with Gasteiger partial charge in [-0.15, -0.1) is 0 Å². The van der Waals surface area contributed by atoms with Gasteiger partial charge in [0.05, 0.1) is 11.9 Å². The lowest BCUT2D eigenvalue weighted by molar-refractivity contribution is 0.0635. The summed E-state index contributed by atoms with van der Waals surface area (Å²) in [6.45, 7) is 9.33. The van der Waals surface area contributed by atoms with E-state index >= 15 is 0 Å². The zero-order chi connectivity index (χ0) is 13.2. The van der Waals surface area contributed by atoms with Gasteiger partial charge in [-0.1, -0.05) is 0 Å². The average molecular weight is 240 g/mol. The Kier molecular flexibility index (Phi) is 3.65. The molecular formula is C11H20N4O2. The van der Waals surface area contributed by atoms with E-state index in [9.17, 15) is 4.79 Å². The lowest BCUT2D eigenvalue weighted by Gasteiger charge is -2.19. The number of aromatic nitrogens is 2. The van der Waals surface area contributed by atoms with Crippen molar-refractivity contribution in [2.45, 2.75) is 46.3 Å². The van der Waals surface area contributed by atoms with Gasteiger partial charge in [0.2, 0.25) is 0 Å². The number of hydrogen-bond donors (Lipinski definition) is 2. The topological polar surface area (TPSA) is 82.2 Å². The first kappa shape index (κ1) is 13.3. The number of nitrogen functional groups attached to an aromatic ring is 1. The van der Waals surface area contributed by atoms with Crippen LogP contribution in [0.1, 0.15) is 40.7 Å². The van der Waals surface area contributed by atoms with Crippen LogP contribution in [0.2, 0.25) is 0 Å². The van der Waals surface area contributed by atoms with Crippen molar-refractivity contribution in [3.8, 4) is 0 Å². The third-order valence-corrected chi connectivity index (χ3v) is 1.91. The third-order valence-electron chi connectivity index (χ3n) is 1.91. The molecular weight excluding hydrogens is 220 g/mol. The minimum atomic E-state index is -0.557. The number of carbonyl (C=O) groups excluding carboxylic acids is 1. The first-order valence-electron chi connectivity index (χ1n) is 5.53. The zero-order valence-electron chi connectivity index (χ0n) is 10.9. The Morgan fingerprint density at radius 1 is 1.53 bits per heavy atom. The number of nitrogens with one attached hydrogen (secondary N) is 1. The van der Waals surface area contributed by atoms with Gasteiger partial charge >= 0.3 is 6.09 Å². The highest BCUT2D eigenvalue weighted by molar-refractivity contribution is 5.87. The summed E-state index contributed by atoms with van der Waals surface area (Å²) < 4.78 is 6.79. The first-order chi connectivity index (χ1) is 7.69. The second kappa shape index (κ2) is 4.65. The number of rotatable bonds is 2. The van der Waals surface area contributed by atoms with Gasteiger partial charge in [0.1, 0.15) is 5.60 Å². The van der Waals surface area contributed by atoms with Crippen LogP contribution in [-0.4, -0.2) is 21.5 Å². The van der Waals surface area contributed by atoms with Crippen molar-refractivity contribution in [2.75, 3.05) is 11.1 Å². The molecule has 0 aromatic carbocycles. The molecule has 1 aromatic rings. The van der Waals surface area contributed by atoms with Crippen LogP contribution in [-0.2, 0) is 4.74 Å². The smallest absolute Gasteiger partial charge is 0.413 e. The number of nitrogens with two attached hydrogens (primary N) is 1. The lowest BCUT2D eigenvalue weighted by Crippen LogP contribution is -2.27. The van der Waals surface area contributed by atoms with E-state index in [1.807, 2.05) is 13.8 Å². The Morgan fingerprint density at radius 2 is 2.12 bits per heavy atom. The molecule has 0 fully saturated rings. The molecule has 1 amide bonds. The molecule has 0 bridgehead atoms. The summed E-state index contributed by atoms with van der Waals surface area (Å²) in [5.74, 6) is 0.327. The van der Waals surface area contributed by atoms with Crippen LogP contribution in [0, 0.1) is 0 Å². The van der Waals surface area contributed by atoms with Gasteiger partial charge in [-0.3, -0.25) is 10.00 Å². The van der Waals surface area contributed by atoms with Crippen LogP contribution in [0.15, 0.2) is 6.20 Å². The van der Waals surface area contributed by atoms with E-state index < -0.39 is 11.7 Å². The van der Waals surface area contributed by atoms with Gasteiger partial charge in [-0.2, -0.15) is 5.10 Å². The van der Waals surface area contributed by atoms with E-state index in [-0.39, 0.29) is 6.04 Å². The molecule has 17 heavy (non-hydrogen) atoms. The number of ether oxygens (including phenoxy) is 1. The molecule has 96 valence electrons. The van der Waals surface area contributed by atoms with Crippen molar-refractivity contribution in [1.29, 1.82) is 0 Å². The Bertz CT molecular complexity index is 404. The highest BCUT2D eigenvalue weighted by atomic mass is 16.6. The van der Waals surface area contributed by atoms with Crippen LogP contribution < -0.4 is 11.1 Å². The van der Waals surface area contributed by atoms with Crippen molar-refractivity contribution in [3.63, 3.8) is 0 Å². The first-order valence-corrected chi connectivity index (χ1v) is 5.53. The van der Waals surface area contributed by atoms with Crippen LogP contribution in [0.4, 0.5) is 16.3 Å². The van der Waals surface area contributed by atoms with E-state index in [2.05, 4.69) is 10.4 Å². The molecule has 0 saturated heterocycles. The molecule has 0 spiro atoms. The molecule has 3 N–H and O–H groups in total. The van der Waals surface area contributed by atoms with Gasteiger partial charge < -0.3 is 10.5 Å². The van der Waals surface area contributed by atoms with E-state index in [1.54, 1.807) is 31.6 Å². The largest absolute Gasteiger partial charge is 0.444 e. The minimum Gasteiger partial charge on any atom is -0.444 e. The molecule has 6 nitrogen and oxygen atoms in total. The van der Waals surface area contributed by atoms with Crippen LogP contribution in [0.5, 0.6) is 0 Å². The molecule has 0 aliphatic rings. The van der Waals surface area contributed by atoms with Gasteiger partial charge in [-0.25, -0.2) is 4.79 Å². The maximum atomic E-state index is 11.5. The van der Waals surface area contributed by atoms with Crippen molar-refractivity contribution >= 4 is 17.6 Å². The summed E-state index contributed by atoms with van der Waals surface area (Å²) in [4.78, 5) is 11.5. The summed E-state index contributed by atoms with van der Waals surface area (Å²) in [6, 6.07) is 0.187. The number of hydrogen-bond acceptors (Lipinski definition) is 4. The molecule has 0 aliphatic carbocycles. The van der Waals surface area contributed by atoms with Crippen LogP contribution in [0.25, 0.3) is 0 Å². The SMILES string of the molecule is CC(C)n1cc(N)c(NC(=O)OC(C)(C)C)n1. The van der Waals surface area contributed by atoms with Gasteiger partial charge in [0.25, 0.3) is 0 Å². The Hall–Kier alpha value is -1.72. The Labute approximate surface area is 101 Å². The summed E-state index contributed by atoms with van der Waals surface area (Å²) >= 11 is 0. The van der Waals surface area contributed by atoms with Gasteiger partial charge in [0.15, 0.2) is 5.82 Å². The van der Waals surface area contributed by atoms with Crippen LogP contribution >= 0.6 is 0 Å². The third kappa shape index (κ3) is 3.97. The Balaban J connectivity index is 2.72. The Morgan fingerprint density at radius 3 is 2.53 bits per heavy atom. The molecule has 0 saturated carbocycles. The maximum absolute atomic E-state index is 11.5. The van der Waals surface area contributed by atoms with Crippen molar-refractivity contribution in [2.24, 2.45) is 0 Å². The van der Waals surface area contributed by atoms with Gasteiger partial charge in [-0.05, 0) is 34.6 Å². The van der Waals surface area contributed by atoms with E-state index in [0.29, 0.717) is 11.5 Å². The fourth-order valence-corrected chi connectivity index (χ4v) is 1.17. The summed E-state index contributed by atoms with van der Waals surface area (Å²) in [5, 5.41) is 6.68. The van der Waals surface area contributed by atoms with Crippen LogP contribution in [0.3, 0.4) is 0 Å². The van der Waals surface area contributed by atoms with Crippen molar-refractivity contribution in [3.05, 3.63) is 6.20 Å². The molecule has 0 unspecified atom stereocenters. The van der Waals surface area contributed by atoms with E-state index in [4.69, 9.17) is 10.5 Å². The lowest BCUT2D eigenvalue weighted by atomic mass is 10.2. The van der Waals surface area contributed by atoms with Crippen molar-refractivity contribution in [1.82, 2.24) is 9.78 Å². The normalized spacial score (nSPS) is 11.6. The molecule has 1 heterocycles. The summed E-state index contributed by atoms with van der Waals surface area (Å²) in [5.41, 5.74) is 5.62. The molecule has 1 rings (SSSR count). The molecule has 0 aliphatic heterocycles. The average Bonchev–Trinajstić information content (AvgIpc) is 2.44. The number of nitrogens with zero attached hydrogens (tertiary/aromatic N) is 2. The monoisotopic (exact) mass is 240 g/mol. The fraction of sp³-hybridized carbons (Fsp3) is 0.636. The summed E-state index contributed by atoms with van der Waals surface area (Å²) in [6.07, 6.45) is 1.12. The number of anilines is 2. The maximum Gasteiger partial charge on any atom is 0.413 e. The van der Waals surface area contributed by atoms with E-state index in [1.165, 1.54) is 0 Å². The predicted octanol–water partition coefficient (Wildman–Crippen LogP) is 2.39. The summed E-state index contributed by atoms with van der Waals surface area (Å²) in [7, 11) is 0. The van der Waals surface area contributed by atoms with E-state index in [0.717, 1.165) is 0 Å². The quantitative estimate of drug-likeness (QED) is 0.831. The zero-order valence-corrected chi connectivity index (χ0v) is 10.9. The second-order valence-electron chi connectivity index (χ2n) is 5.13.